The van der Waals surface area contributed by atoms with Crippen LogP contribution in [-0.2, 0) is 0 Å². The Bertz CT molecular complexity index is 1370. The van der Waals surface area contributed by atoms with E-state index in [1.807, 2.05) is 49.5 Å². The maximum absolute atomic E-state index is 11.8. The molecule has 2 aromatic carbocycles. The van der Waals surface area contributed by atoms with E-state index in [9.17, 15) is 10.1 Å². The van der Waals surface area contributed by atoms with E-state index in [1.54, 1.807) is 24.2 Å². The van der Waals surface area contributed by atoms with Crippen molar-refractivity contribution in [3.8, 4) is 17.0 Å². The Morgan fingerprint density at radius 3 is 2.69 bits per heavy atom. The van der Waals surface area contributed by atoms with E-state index in [2.05, 4.69) is 15.3 Å². The number of fused-ring (bicyclic) bond motifs is 1. The zero-order chi connectivity index (χ0) is 25.1. The number of methoxy groups -OCH3 is 1. The third-order valence-corrected chi connectivity index (χ3v) is 5.92. The summed E-state index contributed by atoms with van der Waals surface area (Å²) in [6, 6.07) is 11.0. The van der Waals surface area contributed by atoms with Gasteiger partial charge in [-0.3, -0.25) is 10.1 Å². The first-order valence-electron chi connectivity index (χ1n) is 10.9. The number of likely N-dealkylation sites (N-methyl/N-ethyl adjacent to an activating group) is 1. The van der Waals surface area contributed by atoms with Crippen LogP contribution in [0.3, 0.4) is 0 Å². The van der Waals surface area contributed by atoms with Gasteiger partial charge in [0.25, 0.3) is 5.69 Å². The largest absolute Gasteiger partial charge is 0.494 e. The van der Waals surface area contributed by atoms with Crippen LogP contribution in [0.25, 0.3) is 22.2 Å². The Labute approximate surface area is 207 Å². The summed E-state index contributed by atoms with van der Waals surface area (Å²) in [5.41, 5.74) is 3.11. The van der Waals surface area contributed by atoms with Gasteiger partial charge in [0.15, 0.2) is 0 Å². The Kier molecular flexibility index (Phi) is 7.04. The SMILES string of the molecule is CNc1cc(OC)c(N(CCN(C)C)c2ncc(Cl)c(-c3c[nH]c4ccccc34)n2)cc1[N+](=O)[O-]. The Morgan fingerprint density at radius 2 is 2.00 bits per heavy atom. The Balaban J connectivity index is 1.89. The molecule has 2 N–H and O–H groups in total. The van der Waals surface area contributed by atoms with Gasteiger partial charge in [-0.05, 0) is 20.2 Å². The smallest absolute Gasteiger partial charge is 0.294 e. The van der Waals surface area contributed by atoms with Gasteiger partial charge in [-0.2, -0.15) is 0 Å². The number of hydrogen-bond donors (Lipinski definition) is 2. The molecule has 0 saturated carbocycles. The summed E-state index contributed by atoms with van der Waals surface area (Å²) in [7, 11) is 7.04. The highest BCUT2D eigenvalue weighted by Gasteiger charge is 2.25. The van der Waals surface area contributed by atoms with Crippen molar-refractivity contribution in [1.82, 2.24) is 19.9 Å². The number of anilines is 3. The van der Waals surface area contributed by atoms with Gasteiger partial charge in [0.2, 0.25) is 5.95 Å². The molecule has 0 bridgehead atoms. The van der Waals surface area contributed by atoms with E-state index in [0.29, 0.717) is 46.9 Å². The van der Waals surface area contributed by atoms with Gasteiger partial charge in [-0.25, -0.2) is 9.97 Å². The van der Waals surface area contributed by atoms with E-state index in [1.165, 1.54) is 13.2 Å². The average molecular weight is 496 g/mol. The number of ether oxygens (including phenoxy) is 1. The van der Waals surface area contributed by atoms with E-state index < -0.39 is 4.92 Å². The van der Waals surface area contributed by atoms with E-state index in [4.69, 9.17) is 21.3 Å². The number of para-hydroxylation sites is 1. The fraction of sp³-hybridized carbons (Fsp3) is 0.250. The normalized spacial score (nSPS) is 11.1. The molecule has 0 amide bonds. The Morgan fingerprint density at radius 1 is 1.23 bits per heavy atom. The molecular weight excluding hydrogens is 470 g/mol. The molecule has 0 atom stereocenters. The van der Waals surface area contributed by atoms with Crippen molar-refractivity contribution in [2.45, 2.75) is 0 Å². The first-order chi connectivity index (χ1) is 16.8. The topological polar surface area (TPSA) is 112 Å². The van der Waals surface area contributed by atoms with Crippen LogP contribution in [-0.4, -0.2) is 66.1 Å². The minimum Gasteiger partial charge on any atom is -0.494 e. The Hall–Kier alpha value is -3.89. The zero-order valence-corrected chi connectivity index (χ0v) is 20.6. The second kappa shape index (κ2) is 10.2. The van der Waals surface area contributed by atoms with Crippen molar-refractivity contribution in [3.05, 3.63) is 63.9 Å². The summed E-state index contributed by atoms with van der Waals surface area (Å²) in [5, 5.41) is 16.0. The molecule has 0 radical (unpaired) electrons. The summed E-state index contributed by atoms with van der Waals surface area (Å²) >= 11 is 6.54. The minimum absolute atomic E-state index is 0.0797. The number of halogens is 1. The molecule has 10 nitrogen and oxygen atoms in total. The molecule has 11 heteroatoms. The number of nitrogens with one attached hydrogen (secondary N) is 2. The summed E-state index contributed by atoms with van der Waals surface area (Å²) < 4.78 is 5.61. The molecule has 0 saturated heterocycles. The van der Waals surface area contributed by atoms with Crippen molar-refractivity contribution < 1.29 is 9.66 Å². The fourth-order valence-electron chi connectivity index (χ4n) is 3.86. The van der Waals surface area contributed by atoms with E-state index in [0.717, 1.165) is 16.5 Å². The second-order valence-corrected chi connectivity index (χ2v) is 8.52. The number of aromatic nitrogens is 3. The molecular formula is C24H26ClN7O3. The molecule has 0 fully saturated rings. The monoisotopic (exact) mass is 495 g/mol. The number of nitrogens with zero attached hydrogens (tertiary/aromatic N) is 5. The fourth-order valence-corrected chi connectivity index (χ4v) is 4.05. The predicted molar refractivity (Wildman–Crippen MR) is 139 cm³/mol. The van der Waals surface area contributed by atoms with Crippen molar-refractivity contribution in [2.24, 2.45) is 0 Å². The van der Waals surface area contributed by atoms with Gasteiger partial charge in [0.05, 0.1) is 34.6 Å². The van der Waals surface area contributed by atoms with Crippen LogP contribution in [0.5, 0.6) is 5.75 Å². The van der Waals surface area contributed by atoms with E-state index in [-0.39, 0.29) is 5.69 Å². The van der Waals surface area contributed by atoms with Gasteiger partial charge >= 0.3 is 0 Å². The summed E-state index contributed by atoms with van der Waals surface area (Å²) in [4.78, 5) is 27.7. The summed E-state index contributed by atoms with van der Waals surface area (Å²) in [5.74, 6) is 0.798. The maximum atomic E-state index is 11.8. The van der Waals surface area contributed by atoms with Crippen molar-refractivity contribution in [1.29, 1.82) is 0 Å². The molecule has 4 rings (SSSR count). The van der Waals surface area contributed by atoms with Crippen LogP contribution in [0, 0.1) is 10.1 Å². The van der Waals surface area contributed by atoms with Crippen LogP contribution >= 0.6 is 11.6 Å². The lowest BCUT2D eigenvalue weighted by molar-refractivity contribution is -0.383. The highest BCUT2D eigenvalue weighted by molar-refractivity contribution is 6.33. The summed E-state index contributed by atoms with van der Waals surface area (Å²) in [6.07, 6.45) is 3.41. The summed E-state index contributed by atoms with van der Waals surface area (Å²) in [6.45, 7) is 1.09. The first kappa shape index (κ1) is 24.2. The van der Waals surface area contributed by atoms with Crippen LogP contribution in [0.15, 0.2) is 48.8 Å². The van der Waals surface area contributed by atoms with Crippen molar-refractivity contribution >= 4 is 45.5 Å². The molecule has 35 heavy (non-hydrogen) atoms. The van der Waals surface area contributed by atoms with Crippen LogP contribution in [0.4, 0.5) is 23.0 Å². The van der Waals surface area contributed by atoms with Crippen molar-refractivity contribution in [2.75, 3.05) is 51.6 Å². The maximum Gasteiger partial charge on any atom is 0.294 e. The van der Waals surface area contributed by atoms with Gasteiger partial charge in [-0.15, -0.1) is 0 Å². The van der Waals surface area contributed by atoms with Crippen LogP contribution in [0.2, 0.25) is 5.02 Å². The number of benzene rings is 2. The lowest BCUT2D eigenvalue weighted by Crippen LogP contribution is -2.30. The third kappa shape index (κ3) is 4.84. The minimum atomic E-state index is -0.432. The van der Waals surface area contributed by atoms with Gasteiger partial charge in [-0.1, -0.05) is 29.8 Å². The highest BCUT2D eigenvalue weighted by atomic mass is 35.5. The zero-order valence-electron chi connectivity index (χ0n) is 19.9. The molecule has 0 spiro atoms. The molecule has 0 aliphatic rings. The average Bonchev–Trinajstić information content (AvgIpc) is 3.28. The number of rotatable bonds is 9. The molecule has 0 aliphatic carbocycles. The highest BCUT2D eigenvalue weighted by Crippen LogP contribution is 2.41. The molecule has 4 aromatic rings. The first-order valence-corrected chi connectivity index (χ1v) is 11.3. The number of H-pyrrole nitrogens is 1. The molecule has 2 aromatic heterocycles. The van der Waals surface area contributed by atoms with Gasteiger partial charge in [0, 0.05) is 54.9 Å². The van der Waals surface area contributed by atoms with Crippen LogP contribution in [0.1, 0.15) is 0 Å². The lowest BCUT2D eigenvalue weighted by Gasteiger charge is -2.26. The van der Waals surface area contributed by atoms with Crippen LogP contribution < -0.4 is 15.0 Å². The van der Waals surface area contributed by atoms with E-state index >= 15 is 0 Å². The molecule has 0 unspecified atom stereocenters. The molecule has 2 heterocycles. The van der Waals surface area contributed by atoms with Gasteiger partial charge < -0.3 is 24.8 Å². The number of nitro benzene ring substituents is 1. The number of aromatic amines is 1. The van der Waals surface area contributed by atoms with Gasteiger partial charge in [0.1, 0.15) is 11.4 Å². The second-order valence-electron chi connectivity index (χ2n) is 8.12. The lowest BCUT2D eigenvalue weighted by atomic mass is 10.1. The predicted octanol–water partition coefficient (Wildman–Crippen LogP) is 4.94. The quantitative estimate of drug-likeness (QED) is 0.248. The third-order valence-electron chi connectivity index (χ3n) is 5.64. The molecule has 182 valence electrons. The standard InChI is InChI=1S/C24H26ClN7O3/c1-26-19-11-22(35-4)21(12-20(19)32(33)34)31(10-9-30(2)3)24-28-14-17(25)23(29-24)16-13-27-18-8-6-5-7-15(16)18/h5-8,11-14,26-27H,9-10H2,1-4H3. The number of hydrogen-bond acceptors (Lipinski definition) is 8. The van der Waals surface area contributed by atoms with Crippen molar-refractivity contribution in [3.63, 3.8) is 0 Å². The molecule has 0 aliphatic heterocycles. The number of nitro groups is 1.